The fourth-order valence-corrected chi connectivity index (χ4v) is 3.38. The van der Waals surface area contributed by atoms with Crippen molar-refractivity contribution in [3.63, 3.8) is 0 Å². The molecule has 1 aromatic carbocycles. The first-order chi connectivity index (χ1) is 12.4. The van der Waals surface area contributed by atoms with E-state index in [0.29, 0.717) is 23.9 Å². The number of aromatic nitrogens is 2. The van der Waals surface area contributed by atoms with Crippen LogP contribution in [0.5, 0.6) is 0 Å². The van der Waals surface area contributed by atoms with Crippen LogP contribution in [0.1, 0.15) is 13.8 Å². The van der Waals surface area contributed by atoms with Gasteiger partial charge in [0.1, 0.15) is 6.54 Å². The van der Waals surface area contributed by atoms with Crippen molar-refractivity contribution in [3.05, 3.63) is 45.0 Å². The highest BCUT2D eigenvalue weighted by atomic mass is 16.5. The van der Waals surface area contributed by atoms with Crippen LogP contribution in [-0.2, 0) is 16.1 Å². The number of nitrogens with one attached hydrogen (secondary N) is 2. The summed E-state index contributed by atoms with van der Waals surface area (Å²) >= 11 is 0. The van der Waals surface area contributed by atoms with E-state index in [9.17, 15) is 14.4 Å². The van der Waals surface area contributed by atoms with Gasteiger partial charge in [-0.1, -0.05) is 12.1 Å². The number of carbonyl (C=O) groups is 1. The molecule has 0 aliphatic carbocycles. The zero-order valence-electron chi connectivity index (χ0n) is 15.0. The smallest absolute Gasteiger partial charge is 0.273 e. The molecule has 1 aliphatic rings. The fraction of sp³-hybridized carbons (Fsp3) is 0.500. The topological polar surface area (TPSA) is 96.4 Å². The second-order valence-electron chi connectivity index (χ2n) is 6.74. The van der Waals surface area contributed by atoms with Gasteiger partial charge in [0.2, 0.25) is 5.91 Å². The number of H-pyrrole nitrogens is 1. The molecule has 0 unspecified atom stereocenters. The second kappa shape index (κ2) is 7.84. The maximum Gasteiger partial charge on any atom is 0.273 e. The number of ether oxygens (including phenoxy) is 1. The average molecular weight is 360 g/mol. The van der Waals surface area contributed by atoms with Gasteiger partial charge in [0, 0.05) is 26.2 Å². The average Bonchev–Trinajstić information content (AvgIpc) is 2.58. The lowest BCUT2D eigenvalue weighted by Crippen LogP contribution is -2.48. The lowest BCUT2D eigenvalue weighted by atomic mass is 10.2. The molecule has 2 N–H and O–H groups in total. The molecule has 2 aromatic rings. The lowest BCUT2D eigenvalue weighted by molar-refractivity contribution is -0.122. The van der Waals surface area contributed by atoms with Crippen LogP contribution in [0.3, 0.4) is 0 Å². The normalized spacial score (nSPS) is 21.0. The van der Waals surface area contributed by atoms with Gasteiger partial charge in [0.15, 0.2) is 0 Å². The molecule has 3 rings (SSSR count). The molecule has 1 fully saturated rings. The third kappa shape index (κ3) is 4.20. The van der Waals surface area contributed by atoms with Crippen molar-refractivity contribution in [2.45, 2.75) is 32.6 Å². The first kappa shape index (κ1) is 18.3. The molecule has 8 heteroatoms. The van der Waals surface area contributed by atoms with E-state index >= 15 is 0 Å². The molecule has 0 bridgehead atoms. The highest BCUT2D eigenvalue weighted by Gasteiger charge is 2.21. The zero-order chi connectivity index (χ0) is 18.7. The Balaban J connectivity index is 1.59. The minimum atomic E-state index is -0.385. The van der Waals surface area contributed by atoms with Gasteiger partial charge in [-0.15, -0.1) is 0 Å². The van der Waals surface area contributed by atoms with E-state index in [2.05, 4.69) is 15.3 Å². The van der Waals surface area contributed by atoms with E-state index in [1.807, 2.05) is 13.8 Å². The lowest BCUT2D eigenvalue weighted by Gasteiger charge is -2.35. The molecule has 1 aromatic heterocycles. The van der Waals surface area contributed by atoms with Crippen LogP contribution in [0.2, 0.25) is 0 Å². The van der Waals surface area contributed by atoms with Gasteiger partial charge in [-0.05, 0) is 26.0 Å². The van der Waals surface area contributed by atoms with Crippen LogP contribution in [0.4, 0.5) is 0 Å². The Bertz CT molecular complexity index is 894. The van der Waals surface area contributed by atoms with E-state index in [0.717, 1.165) is 17.8 Å². The van der Waals surface area contributed by atoms with Crippen LogP contribution >= 0.6 is 0 Å². The molecular formula is C18H24N4O4. The fourth-order valence-electron chi connectivity index (χ4n) is 3.38. The van der Waals surface area contributed by atoms with Crippen molar-refractivity contribution in [1.82, 2.24) is 20.0 Å². The molecule has 0 radical (unpaired) electrons. The summed E-state index contributed by atoms with van der Waals surface area (Å²) < 4.78 is 6.74. The summed E-state index contributed by atoms with van der Waals surface area (Å²) in [7, 11) is 0. The van der Waals surface area contributed by atoms with Crippen molar-refractivity contribution in [1.29, 1.82) is 0 Å². The van der Waals surface area contributed by atoms with Crippen LogP contribution < -0.4 is 16.4 Å². The van der Waals surface area contributed by atoms with E-state index in [1.54, 1.807) is 24.3 Å². The van der Waals surface area contributed by atoms with Crippen molar-refractivity contribution in [2.75, 3.05) is 26.2 Å². The SMILES string of the molecule is C[C@@H]1CN(CCNC(=O)Cn2[nH]c(=O)c3ccccc3c2=O)C[C@@H](C)O1. The molecule has 2 heterocycles. The van der Waals surface area contributed by atoms with Crippen molar-refractivity contribution >= 4 is 16.7 Å². The van der Waals surface area contributed by atoms with E-state index < -0.39 is 0 Å². The number of fused-ring (bicyclic) bond motifs is 1. The van der Waals surface area contributed by atoms with Crippen LogP contribution in [0.15, 0.2) is 33.9 Å². The Morgan fingerprint density at radius 3 is 2.54 bits per heavy atom. The molecule has 140 valence electrons. The number of amides is 1. The molecule has 0 saturated carbocycles. The Morgan fingerprint density at radius 1 is 1.19 bits per heavy atom. The summed E-state index contributed by atoms with van der Waals surface area (Å²) in [5, 5.41) is 5.89. The highest BCUT2D eigenvalue weighted by Crippen LogP contribution is 2.09. The molecule has 26 heavy (non-hydrogen) atoms. The number of benzene rings is 1. The molecule has 2 atom stereocenters. The summed E-state index contributed by atoms with van der Waals surface area (Å²) in [5.41, 5.74) is -0.768. The monoisotopic (exact) mass is 360 g/mol. The number of hydrogen-bond acceptors (Lipinski definition) is 5. The number of morpholine rings is 1. The zero-order valence-corrected chi connectivity index (χ0v) is 15.0. The summed E-state index contributed by atoms with van der Waals surface area (Å²) in [6.07, 6.45) is 0.353. The van der Waals surface area contributed by atoms with Gasteiger partial charge in [0.05, 0.1) is 23.0 Å². The maximum absolute atomic E-state index is 12.4. The molecular weight excluding hydrogens is 336 g/mol. The van der Waals surface area contributed by atoms with Crippen LogP contribution in [0.25, 0.3) is 10.8 Å². The predicted molar refractivity (Wildman–Crippen MR) is 98.3 cm³/mol. The minimum Gasteiger partial charge on any atom is -0.373 e. The van der Waals surface area contributed by atoms with Gasteiger partial charge >= 0.3 is 0 Å². The van der Waals surface area contributed by atoms with Crippen LogP contribution in [-0.4, -0.2) is 59.0 Å². The summed E-state index contributed by atoms with van der Waals surface area (Å²) in [6.45, 7) is 6.70. The molecule has 8 nitrogen and oxygen atoms in total. The van der Waals surface area contributed by atoms with Gasteiger partial charge < -0.3 is 10.1 Å². The predicted octanol–water partition coefficient (Wildman–Crippen LogP) is -0.0848. The first-order valence-corrected chi connectivity index (χ1v) is 8.80. The van der Waals surface area contributed by atoms with Crippen LogP contribution in [0, 0.1) is 0 Å². The summed E-state index contributed by atoms with van der Waals surface area (Å²) in [6, 6.07) is 6.56. The van der Waals surface area contributed by atoms with E-state index in [4.69, 9.17) is 4.74 Å². The van der Waals surface area contributed by atoms with Crippen molar-refractivity contribution in [2.24, 2.45) is 0 Å². The maximum atomic E-state index is 12.4. The number of nitrogens with zero attached hydrogens (tertiary/aromatic N) is 2. The summed E-state index contributed by atoms with van der Waals surface area (Å²) in [5.74, 6) is -0.313. The summed E-state index contributed by atoms with van der Waals surface area (Å²) in [4.78, 5) is 38.8. The Labute approximate surface area is 150 Å². The van der Waals surface area contributed by atoms with Crippen molar-refractivity contribution in [3.8, 4) is 0 Å². The van der Waals surface area contributed by atoms with Gasteiger partial charge in [-0.25, -0.2) is 4.68 Å². The molecule has 0 spiro atoms. The third-order valence-corrected chi connectivity index (χ3v) is 4.43. The quantitative estimate of drug-likeness (QED) is 0.777. The minimum absolute atomic E-state index is 0.177. The molecule has 1 aliphatic heterocycles. The van der Waals surface area contributed by atoms with Gasteiger partial charge in [-0.3, -0.25) is 24.4 Å². The number of aromatic amines is 1. The Morgan fingerprint density at radius 2 is 1.85 bits per heavy atom. The van der Waals surface area contributed by atoms with Gasteiger partial charge in [0.25, 0.3) is 11.1 Å². The van der Waals surface area contributed by atoms with E-state index in [-0.39, 0.29) is 35.8 Å². The van der Waals surface area contributed by atoms with Gasteiger partial charge in [-0.2, -0.15) is 0 Å². The largest absolute Gasteiger partial charge is 0.373 e. The third-order valence-electron chi connectivity index (χ3n) is 4.43. The Hall–Kier alpha value is -2.45. The highest BCUT2D eigenvalue weighted by molar-refractivity contribution is 5.81. The molecule has 1 saturated heterocycles. The van der Waals surface area contributed by atoms with Crippen molar-refractivity contribution < 1.29 is 9.53 Å². The number of carbonyl (C=O) groups excluding carboxylic acids is 1. The van der Waals surface area contributed by atoms with E-state index in [1.165, 1.54) is 0 Å². The first-order valence-electron chi connectivity index (χ1n) is 8.80. The second-order valence-corrected chi connectivity index (χ2v) is 6.74. The number of rotatable bonds is 5. The Kier molecular flexibility index (Phi) is 5.53. The number of hydrogen-bond donors (Lipinski definition) is 2. The molecule has 1 amide bonds. The standard InChI is InChI=1S/C18H24N4O4/c1-12-9-21(10-13(2)26-12)8-7-19-16(23)11-22-18(25)15-6-4-3-5-14(15)17(24)20-22/h3-6,12-13H,7-11H2,1-2H3,(H,19,23)(H,20,24)/t12-,13-/m1/s1.